The predicted octanol–water partition coefficient (Wildman–Crippen LogP) is 2.14. The van der Waals surface area contributed by atoms with Gasteiger partial charge < -0.3 is 4.74 Å². The van der Waals surface area contributed by atoms with Gasteiger partial charge in [-0.1, -0.05) is 0 Å². The Morgan fingerprint density at radius 3 is 2.55 bits per heavy atom. The lowest BCUT2D eigenvalue weighted by atomic mass is 10.3. The van der Waals surface area contributed by atoms with Crippen LogP contribution in [0.1, 0.15) is 13.8 Å². The zero-order valence-electron chi connectivity index (χ0n) is 6.74. The molecule has 0 aliphatic heterocycles. The van der Waals surface area contributed by atoms with Gasteiger partial charge in [0.15, 0.2) is 0 Å². The van der Waals surface area contributed by atoms with Crippen LogP contribution in [0.25, 0.3) is 0 Å². The monoisotopic (exact) mass is 191 g/mol. The molecule has 0 aromatic rings. The molecule has 64 valence electrons. The second-order valence-corrected chi connectivity index (χ2v) is 2.51. The molecular weight excluding hydrogens is 178 g/mol. The first-order valence-corrected chi connectivity index (χ1v) is 4.51. The minimum Gasteiger partial charge on any atom is -0.488 e. The number of thiol groups is 2. The van der Waals surface area contributed by atoms with E-state index in [1.807, 2.05) is 19.9 Å². The molecule has 0 fully saturated rings. The molecule has 0 unspecified atom stereocenters. The van der Waals surface area contributed by atoms with E-state index in [1.165, 1.54) is 0 Å². The lowest BCUT2D eigenvalue weighted by Gasteiger charge is -2.00. The quantitative estimate of drug-likeness (QED) is 0.302. The summed E-state index contributed by atoms with van der Waals surface area (Å²) in [4.78, 5) is 4.05. The van der Waals surface area contributed by atoms with Gasteiger partial charge in [-0.15, -0.1) is 12.6 Å². The van der Waals surface area contributed by atoms with Gasteiger partial charge in [0.25, 0.3) is 0 Å². The maximum Gasteiger partial charge on any atom is 0.130 e. The van der Waals surface area contributed by atoms with Crippen molar-refractivity contribution < 1.29 is 4.74 Å². The Kier molecular flexibility index (Phi) is 6.56. The SMILES string of the molecule is CC(/C=C(/C)OCS)=NCS. The Labute approximate surface area is 78.6 Å². The fourth-order valence-corrected chi connectivity index (χ4v) is 1.02. The van der Waals surface area contributed by atoms with E-state index in [0.29, 0.717) is 11.8 Å². The Morgan fingerprint density at radius 2 is 2.09 bits per heavy atom. The smallest absolute Gasteiger partial charge is 0.130 e. The average Bonchev–Trinajstić information content (AvgIpc) is 1.87. The van der Waals surface area contributed by atoms with Crippen LogP contribution in [0.5, 0.6) is 0 Å². The molecule has 0 saturated carbocycles. The van der Waals surface area contributed by atoms with Crippen LogP contribution < -0.4 is 0 Å². The largest absolute Gasteiger partial charge is 0.488 e. The number of ether oxygens (including phenoxy) is 1. The van der Waals surface area contributed by atoms with E-state index in [4.69, 9.17) is 4.74 Å². The van der Waals surface area contributed by atoms with Crippen molar-refractivity contribution in [3.8, 4) is 0 Å². The summed E-state index contributed by atoms with van der Waals surface area (Å²) in [6, 6.07) is 0. The number of hydrogen-bond donors (Lipinski definition) is 2. The number of rotatable bonds is 4. The zero-order valence-corrected chi connectivity index (χ0v) is 8.53. The first kappa shape index (κ1) is 10.9. The van der Waals surface area contributed by atoms with Crippen molar-refractivity contribution in [2.45, 2.75) is 13.8 Å². The minimum atomic E-state index is 0.399. The summed E-state index contributed by atoms with van der Waals surface area (Å²) in [5.74, 6) is 1.73. The summed E-state index contributed by atoms with van der Waals surface area (Å²) >= 11 is 7.88. The molecule has 0 radical (unpaired) electrons. The third-order valence-corrected chi connectivity index (χ3v) is 1.30. The number of hydrogen-bond acceptors (Lipinski definition) is 4. The van der Waals surface area contributed by atoms with Crippen molar-refractivity contribution in [3.05, 3.63) is 11.8 Å². The summed E-state index contributed by atoms with van der Waals surface area (Å²) in [6.45, 7) is 3.77. The Balaban J connectivity index is 3.96. The van der Waals surface area contributed by atoms with Crippen molar-refractivity contribution in [2.24, 2.45) is 4.99 Å². The minimum absolute atomic E-state index is 0.399. The van der Waals surface area contributed by atoms with Crippen LogP contribution in [-0.4, -0.2) is 17.5 Å². The van der Waals surface area contributed by atoms with E-state index in [9.17, 15) is 0 Å². The van der Waals surface area contributed by atoms with Gasteiger partial charge in [-0.05, 0) is 19.9 Å². The van der Waals surface area contributed by atoms with Crippen LogP contribution in [0, 0.1) is 0 Å². The van der Waals surface area contributed by atoms with Gasteiger partial charge in [0, 0.05) is 5.71 Å². The number of allylic oxidation sites excluding steroid dienone is 2. The fraction of sp³-hybridized carbons (Fsp3) is 0.571. The predicted molar refractivity (Wildman–Crippen MR) is 55.7 cm³/mol. The van der Waals surface area contributed by atoms with Crippen LogP contribution >= 0.6 is 25.3 Å². The van der Waals surface area contributed by atoms with Gasteiger partial charge in [-0.25, -0.2) is 0 Å². The van der Waals surface area contributed by atoms with E-state index < -0.39 is 0 Å². The van der Waals surface area contributed by atoms with Crippen molar-refractivity contribution in [3.63, 3.8) is 0 Å². The van der Waals surface area contributed by atoms with Crippen LogP contribution in [0.3, 0.4) is 0 Å². The molecule has 0 aromatic carbocycles. The fourth-order valence-electron chi connectivity index (χ4n) is 0.595. The van der Waals surface area contributed by atoms with Crippen molar-refractivity contribution in [1.29, 1.82) is 0 Å². The topological polar surface area (TPSA) is 21.6 Å². The molecule has 0 saturated heterocycles. The van der Waals surface area contributed by atoms with E-state index in [-0.39, 0.29) is 0 Å². The van der Waals surface area contributed by atoms with Crippen molar-refractivity contribution in [2.75, 3.05) is 11.8 Å². The molecule has 11 heavy (non-hydrogen) atoms. The normalized spacial score (nSPS) is 13.5. The van der Waals surface area contributed by atoms with E-state index >= 15 is 0 Å². The summed E-state index contributed by atoms with van der Waals surface area (Å²) in [7, 11) is 0. The van der Waals surface area contributed by atoms with E-state index in [2.05, 4.69) is 30.2 Å². The average molecular weight is 191 g/mol. The molecule has 0 aliphatic rings. The molecule has 0 rings (SSSR count). The molecule has 0 atom stereocenters. The second kappa shape index (κ2) is 6.61. The van der Waals surface area contributed by atoms with E-state index in [1.54, 1.807) is 0 Å². The molecule has 0 aromatic heterocycles. The van der Waals surface area contributed by atoms with Crippen LogP contribution in [0.2, 0.25) is 0 Å². The highest BCUT2D eigenvalue weighted by atomic mass is 32.1. The molecule has 4 heteroatoms. The Bertz CT molecular complexity index is 166. The summed E-state index contributed by atoms with van der Waals surface area (Å²) in [5.41, 5.74) is 0.916. The van der Waals surface area contributed by atoms with Crippen LogP contribution in [0.4, 0.5) is 0 Å². The molecule has 0 amide bonds. The Morgan fingerprint density at radius 1 is 1.45 bits per heavy atom. The van der Waals surface area contributed by atoms with Gasteiger partial charge >= 0.3 is 0 Å². The first-order chi connectivity index (χ1) is 5.20. The second-order valence-electron chi connectivity index (χ2n) is 1.97. The maximum atomic E-state index is 5.08. The molecular formula is C7H13NOS2. The Hall–Kier alpha value is -0.0900. The highest BCUT2D eigenvalue weighted by molar-refractivity contribution is 7.80. The van der Waals surface area contributed by atoms with Crippen molar-refractivity contribution >= 4 is 31.0 Å². The lowest BCUT2D eigenvalue weighted by Crippen LogP contribution is -1.91. The van der Waals surface area contributed by atoms with Gasteiger partial charge in [-0.2, -0.15) is 12.6 Å². The van der Waals surface area contributed by atoms with Gasteiger partial charge in [0.1, 0.15) is 5.94 Å². The highest BCUT2D eigenvalue weighted by Crippen LogP contribution is 1.97. The first-order valence-electron chi connectivity index (χ1n) is 3.24. The molecule has 0 heterocycles. The van der Waals surface area contributed by atoms with Crippen LogP contribution in [-0.2, 0) is 4.74 Å². The lowest BCUT2D eigenvalue weighted by molar-refractivity contribution is 0.277. The number of nitrogens with zero attached hydrogens (tertiary/aromatic N) is 1. The van der Waals surface area contributed by atoms with Gasteiger partial charge in [0.2, 0.25) is 0 Å². The van der Waals surface area contributed by atoms with E-state index in [0.717, 1.165) is 11.5 Å². The molecule has 2 nitrogen and oxygen atoms in total. The molecule has 0 N–H and O–H groups in total. The summed E-state index contributed by atoms with van der Waals surface area (Å²) < 4.78 is 5.08. The van der Waals surface area contributed by atoms with Gasteiger partial charge in [0.05, 0.1) is 11.6 Å². The van der Waals surface area contributed by atoms with Crippen molar-refractivity contribution in [1.82, 2.24) is 0 Å². The van der Waals surface area contributed by atoms with Gasteiger partial charge in [-0.3, -0.25) is 4.99 Å². The summed E-state index contributed by atoms with van der Waals surface area (Å²) in [6.07, 6.45) is 1.85. The highest BCUT2D eigenvalue weighted by Gasteiger charge is 1.88. The molecule has 0 spiro atoms. The van der Waals surface area contributed by atoms with Crippen LogP contribution in [0.15, 0.2) is 16.8 Å². The third kappa shape index (κ3) is 6.31. The molecule has 0 bridgehead atoms. The molecule has 0 aliphatic carbocycles. The standard InChI is InChI=1S/C7H13NOS2/c1-6(8-4-10)3-7(2)9-5-11/h3,10-11H,4-5H2,1-2H3/b7-3-,8-6?. The number of aliphatic imine (C=N–C) groups is 1. The summed E-state index contributed by atoms with van der Waals surface area (Å²) in [5, 5.41) is 0. The maximum absolute atomic E-state index is 5.08. The third-order valence-electron chi connectivity index (χ3n) is 1.02. The zero-order chi connectivity index (χ0) is 8.69.